The number of hydrogen-bond donors (Lipinski definition) is 0. The van der Waals surface area contributed by atoms with E-state index in [-0.39, 0.29) is 30.2 Å². The van der Waals surface area contributed by atoms with Crippen molar-refractivity contribution in [1.29, 1.82) is 0 Å². The maximum absolute atomic E-state index is 13.9. The van der Waals surface area contributed by atoms with Crippen LogP contribution in [0.15, 0.2) is 80.6 Å². The van der Waals surface area contributed by atoms with Crippen LogP contribution in [0.2, 0.25) is 0 Å². The third-order valence-corrected chi connectivity index (χ3v) is 5.64. The van der Waals surface area contributed by atoms with E-state index in [1.807, 2.05) is 24.3 Å². The molecule has 3 aromatic rings. The van der Waals surface area contributed by atoms with Gasteiger partial charge in [-0.15, -0.1) is 0 Å². The smallest absolute Gasteiger partial charge is 0.281 e. The van der Waals surface area contributed by atoms with Gasteiger partial charge in [0.1, 0.15) is 17.6 Å². The van der Waals surface area contributed by atoms with E-state index in [1.54, 1.807) is 30.7 Å². The van der Waals surface area contributed by atoms with Gasteiger partial charge in [0.2, 0.25) is 0 Å². The van der Waals surface area contributed by atoms with E-state index in [4.69, 9.17) is 18.7 Å². The van der Waals surface area contributed by atoms with Crippen LogP contribution in [0, 0.1) is 11.7 Å². The highest BCUT2D eigenvalue weighted by atomic mass is 19.1. The number of nitrogens with zero attached hydrogens (tertiary/aromatic N) is 2. The molecule has 2 aromatic heterocycles. The summed E-state index contributed by atoms with van der Waals surface area (Å²) in [5.74, 6) is 0.598. The van der Waals surface area contributed by atoms with Crippen molar-refractivity contribution in [2.24, 2.45) is 11.0 Å². The molecule has 158 valence electrons. The summed E-state index contributed by atoms with van der Waals surface area (Å²) in [5.41, 5.74) is 1.91. The second kappa shape index (κ2) is 8.26. The molecular formula is C24H21FN2O4. The van der Waals surface area contributed by atoms with Gasteiger partial charge in [-0.3, -0.25) is 4.79 Å². The average Bonchev–Trinajstić information content (AvgIpc) is 3.53. The van der Waals surface area contributed by atoms with Gasteiger partial charge in [-0.2, -0.15) is 5.10 Å². The number of allylic oxidation sites excluding steroid dienone is 1. The van der Waals surface area contributed by atoms with E-state index in [2.05, 4.69) is 0 Å². The first-order valence-corrected chi connectivity index (χ1v) is 10.3. The Labute approximate surface area is 178 Å². The van der Waals surface area contributed by atoms with Crippen molar-refractivity contribution in [1.82, 2.24) is 5.01 Å². The lowest BCUT2D eigenvalue weighted by Crippen LogP contribution is -2.34. The van der Waals surface area contributed by atoms with Crippen LogP contribution in [-0.4, -0.2) is 23.2 Å². The monoisotopic (exact) mass is 420 g/mol. The molecule has 1 fully saturated rings. The Balaban J connectivity index is 1.44. The topological polar surface area (TPSA) is 68.2 Å². The molecule has 2 aliphatic rings. The summed E-state index contributed by atoms with van der Waals surface area (Å²) in [7, 11) is 0. The Morgan fingerprint density at radius 3 is 2.77 bits per heavy atom. The van der Waals surface area contributed by atoms with E-state index in [0.717, 1.165) is 36.3 Å². The number of ether oxygens (including phenoxy) is 1. The van der Waals surface area contributed by atoms with Crippen molar-refractivity contribution in [2.45, 2.75) is 25.3 Å². The van der Waals surface area contributed by atoms with Gasteiger partial charge in [0.25, 0.3) is 5.91 Å². The first-order valence-electron chi connectivity index (χ1n) is 10.3. The van der Waals surface area contributed by atoms with Crippen molar-refractivity contribution in [3.05, 3.63) is 84.0 Å². The van der Waals surface area contributed by atoms with Gasteiger partial charge in [0.05, 0.1) is 18.2 Å². The molecular weight excluding hydrogens is 399 g/mol. The number of para-hydroxylation sites is 1. The number of fused-ring (bicyclic) bond motifs is 1. The number of carbonyl (C=O) groups is 1. The van der Waals surface area contributed by atoms with Crippen molar-refractivity contribution in [3.63, 3.8) is 0 Å². The van der Waals surface area contributed by atoms with E-state index < -0.39 is 5.82 Å². The molecule has 1 aliphatic carbocycles. The third kappa shape index (κ3) is 3.79. The lowest BCUT2D eigenvalue weighted by molar-refractivity contribution is -0.136. The number of hydrogen-bond acceptors (Lipinski definition) is 5. The van der Waals surface area contributed by atoms with Crippen LogP contribution < -0.4 is 4.74 Å². The summed E-state index contributed by atoms with van der Waals surface area (Å²) in [6.45, 7) is -0.321. The molecule has 1 amide bonds. The van der Waals surface area contributed by atoms with Crippen LogP contribution in [-0.2, 0) is 4.79 Å². The van der Waals surface area contributed by atoms with Gasteiger partial charge >= 0.3 is 0 Å². The quantitative estimate of drug-likeness (QED) is 0.568. The van der Waals surface area contributed by atoms with Crippen LogP contribution in [0.25, 0.3) is 6.08 Å². The van der Waals surface area contributed by atoms with Gasteiger partial charge in [0, 0.05) is 5.92 Å². The highest BCUT2D eigenvalue weighted by Crippen LogP contribution is 2.44. The standard InChI is InChI=1S/C24H21FN2O4/c25-19-9-1-2-10-20(19)31-15-22(28)27-24(21-11-5-13-30-21)18-8-3-6-16(23(18)26-27)14-17-7-4-12-29-17/h1-2,4-5,7,9-14,18,24H,3,6,8,15H2/b16-14+/t18-,24-/m1/s1. The van der Waals surface area contributed by atoms with E-state index in [0.29, 0.717) is 5.76 Å². The van der Waals surface area contributed by atoms with Crippen LogP contribution in [0.1, 0.15) is 36.8 Å². The summed E-state index contributed by atoms with van der Waals surface area (Å²) in [4.78, 5) is 13.1. The molecule has 1 aliphatic heterocycles. The molecule has 0 bridgehead atoms. The Morgan fingerprint density at radius 2 is 2.00 bits per heavy atom. The molecule has 5 rings (SSSR count). The van der Waals surface area contributed by atoms with Crippen LogP contribution in [0.4, 0.5) is 4.39 Å². The minimum Gasteiger partial charge on any atom is -0.481 e. The zero-order valence-corrected chi connectivity index (χ0v) is 16.7. The lowest BCUT2D eigenvalue weighted by Gasteiger charge is -2.27. The molecule has 7 heteroatoms. The number of hydrazone groups is 1. The predicted octanol–water partition coefficient (Wildman–Crippen LogP) is 5.21. The molecule has 0 spiro atoms. The maximum atomic E-state index is 13.9. The molecule has 1 aromatic carbocycles. The van der Waals surface area contributed by atoms with E-state index in [9.17, 15) is 9.18 Å². The molecule has 6 nitrogen and oxygen atoms in total. The zero-order chi connectivity index (χ0) is 21.2. The zero-order valence-electron chi connectivity index (χ0n) is 16.7. The van der Waals surface area contributed by atoms with Gasteiger partial charge in [0.15, 0.2) is 18.2 Å². The summed E-state index contributed by atoms with van der Waals surface area (Å²) in [5, 5.41) is 6.13. The van der Waals surface area contributed by atoms with Crippen molar-refractivity contribution in [3.8, 4) is 5.75 Å². The molecule has 0 unspecified atom stereocenters. The number of benzene rings is 1. The highest BCUT2D eigenvalue weighted by Gasteiger charge is 2.45. The van der Waals surface area contributed by atoms with Crippen molar-refractivity contribution < 1.29 is 22.8 Å². The van der Waals surface area contributed by atoms with Crippen molar-refractivity contribution >= 4 is 17.7 Å². The second-order valence-electron chi connectivity index (χ2n) is 7.59. The van der Waals surface area contributed by atoms with Gasteiger partial charge in [-0.05, 0) is 67.3 Å². The minimum atomic E-state index is -0.511. The Kier molecular flexibility index (Phi) is 5.16. The fourth-order valence-corrected chi connectivity index (χ4v) is 4.26. The van der Waals surface area contributed by atoms with Gasteiger partial charge < -0.3 is 13.6 Å². The number of carbonyl (C=O) groups excluding carboxylic acids is 1. The molecule has 0 radical (unpaired) electrons. The Bertz CT molecular complexity index is 1120. The van der Waals surface area contributed by atoms with Gasteiger partial charge in [-0.1, -0.05) is 12.1 Å². The number of halogens is 1. The van der Waals surface area contributed by atoms with Gasteiger partial charge in [-0.25, -0.2) is 9.40 Å². The highest BCUT2D eigenvalue weighted by molar-refractivity contribution is 6.08. The number of rotatable bonds is 5. The van der Waals surface area contributed by atoms with Crippen molar-refractivity contribution in [2.75, 3.05) is 6.61 Å². The average molecular weight is 420 g/mol. The SMILES string of the molecule is O=C(COc1ccccc1F)N1N=C2/C(=C/c3ccco3)CCC[C@H]2[C@@H]1c1ccco1. The molecule has 0 saturated heterocycles. The summed E-state index contributed by atoms with van der Waals surface area (Å²) < 4.78 is 30.5. The van der Waals surface area contributed by atoms with Crippen LogP contribution in [0.5, 0.6) is 5.75 Å². The predicted molar refractivity (Wildman–Crippen MR) is 112 cm³/mol. The molecule has 1 saturated carbocycles. The van der Waals surface area contributed by atoms with Crippen LogP contribution >= 0.6 is 0 Å². The summed E-state index contributed by atoms with van der Waals surface area (Å²) in [6, 6.07) is 13.0. The Hall–Kier alpha value is -3.61. The maximum Gasteiger partial charge on any atom is 0.281 e. The normalized spacial score (nSPS) is 21.8. The number of furan rings is 2. The number of amides is 1. The summed E-state index contributed by atoms with van der Waals surface area (Å²) >= 11 is 0. The lowest BCUT2D eigenvalue weighted by atomic mass is 9.79. The molecule has 2 atom stereocenters. The van der Waals surface area contributed by atoms with E-state index in [1.165, 1.54) is 17.1 Å². The fraction of sp³-hybridized carbons (Fsp3) is 0.250. The largest absolute Gasteiger partial charge is 0.481 e. The fourth-order valence-electron chi connectivity index (χ4n) is 4.26. The first-order chi connectivity index (χ1) is 15.2. The first kappa shape index (κ1) is 19.4. The Morgan fingerprint density at radius 1 is 1.16 bits per heavy atom. The van der Waals surface area contributed by atoms with Crippen LogP contribution in [0.3, 0.4) is 0 Å². The second-order valence-corrected chi connectivity index (χ2v) is 7.59. The minimum absolute atomic E-state index is 0.0125. The molecule has 3 heterocycles. The van der Waals surface area contributed by atoms with E-state index >= 15 is 0 Å². The summed E-state index contributed by atoms with van der Waals surface area (Å²) in [6.07, 6.45) is 7.92. The molecule has 31 heavy (non-hydrogen) atoms. The third-order valence-electron chi connectivity index (χ3n) is 5.64. The molecule has 0 N–H and O–H groups in total.